The molecule has 2 aromatic carbocycles. The van der Waals surface area contributed by atoms with Gasteiger partial charge in [0.1, 0.15) is 18.1 Å². The predicted molar refractivity (Wildman–Crippen MR) is 159 cm³/mol. The molecule has 1 aromatic heterocycles. The number of carboxylic acids is 1. The van der Waals surface area contributed by atoms with E-state index in [0.29, 0.717) is 18.5 Å². The van der Waals surface area contributed by atoms with E-state index in [1.807, 2.05) is 48.5 Å². The second kappa shape index (κ2) is 16.9. The molecule has 3 aromatic rings. The number of aliphatic carboxylic acids is 1. The molecule has 9 nitrogen and oxygen atoms in total. The quantitative estimate of drug-likeness (QED) is 0.149. The summed E-state index contributed by atoms with van der Waals surface area (Å²) in [6.45, 7) is 2.94. The molecule has 3 N–H and O–H groups in total. The average molecular weight is 561 g/mol. The fourth-order valence-corrected chi connectivity index (χ4v) is 4.38. The van der Waals surface area contributed by atoms with Gasteiger partial charge in [-0.25, -0.2) is 14.8 Å². The molecule has 2 unspecified atom stereocenters. The maximum Gasteiger partial charge on any atom is 0.326 e. The van der Waals surface area contributed by atoms with Crippen LogP contribution < -0.4 is 15.4 Å². The molecule has 1 heterocycles. The molecular formula is C32H40N4O5. The number of carbonyl (C=O) groups is 3. The van der Waals surface area contributed by atoms with Crippen LogP contribution in [0.1, 0.15) is 57.4 Å². The minimum Gasteiger partial charge on any atom is -0.494 e. The zero-order valence-electron chi connectivity index (χ0n) is 23.8. The average Bonchev–Trinajstić information content (AvgIpc) is 3.00. The summed E-state index contributed by atoms with van der Waals surface area (Å²) in [5.41, 5.74) is 3.65. The summed E-state index contributed by atoms with van der Waals surface area (Å²) in [6.07, 6.45) is 10.8. The van der Waals surface area contributed by atoms with Crippen molar-refractivity contribution < 1.29 is 24.2 Å². The number of rotatable bonds is 18. The Morgan fingerprint density at radius 3 is 2.17 bits per heavy atom. The van der Waals surface area contributed by atoms with Crippen molar-refractivity contribution in [3.8, 4) is 28.3 Å². The molecule has 0 aliphatic rings. The van der Waals surface area contributed by atoms with E-state index in [-0.39, 0.29) is 12.8 Å². The molecule has 0 aliphatic carbocycles. The largest absolute Gasteiger partial charge is 0.494 e. The molecule has 0 saturated heterocycles. The van der Waals surface area contributed by atoms with Gasteiger partial charge in [-0.2, -0.15) is 0 Å². The highest BCUT2D eigenvalue weighted by Crippen LogP contribution is 2.23. The normalized spacial score (nSPS) is 12.3. The van der Waals surface area contributed by atoms with E-state index in [1.54, 1.807) is 19.4 Å². The number of likely N-dealkylation sites (N-methyl/N-ethyl adjacent to an activating group) is 1. The van der Waals surface area contributed by atoms with Crippen molar-refractivity contribution in [1.29, 1.82) is 0 Å². The molecule has 2 atom stereocenters. The van der Waals surface area contributed by atoms with Gasteiger partial charge in [-0.05, 0) is 49.6 Å². The number of hydrogen-bond donors (Lipinski definition) is 3. The van der Waals surface area contributed by atoms with Gasteiger partial charge >= 0.3 is 5.97 Å². The first-order valence-electron chi connectivity index (χ1n) is 14.2. The summed E-state index contributed by atoms with van der Waals surface area (Å²) in [6, 6.07) is 13.8. The van der Waals surface area contributed by atoms with Crippen molar-refractivity contribution in [3.05, 3.63) is 66.5 Å². The van der Waals surface area contributed by atoms with Gasteiger partial charge in [-0.15, -0.1) is 0 Å². The standard InChI is InChI=1S/C32H40N4O5/c1-3-4-5-6-7-19-41-27-16-14-24(15-17-27)26-21-34-30(35-22-26)25-12-10-23(11-13-25)20-29(33-2)31(38)36-28(32(39)40)9-8-18-37/h10-18,21-22,28-29,33H,3-9,19-20H2,1-2H3,(H,36,38)(H,39,40). The highest BCUT2D eigenvalue weighted by Gasteiger charge is 2.24. The topological polar surface area (TPSA) is 131 Å². The summed E-state index contributed by atoms with van der Waals surface area (Å²) >= 11 is 0. The second-order valence-corrected chi connectivity index (χ2v) is 9.97. The predicted octanol–water partition coefficient (Wildman–Crippen LogP) is 4.84. The van der Waals surface area contributed by atoms with Gasteiger partial charge < -0.3 is 25.3 Å². The third-order valence-corrected chi connectivity index (χ3v) is 6.86. The highest BCUT2D eigenvalue weighted by atomic mass is 16.5. The van der Waals surface area contributed by atoms with Crippen molar-refractivity contribution in [2.45, 2.75) is 70.4 Å². The number of ether oxygens (including phenoxy) is 1. The molecule has 0 bridgehead atoms. The number of aromatic nitrogens is 2. The van der Waals surface area contributed by atoms with Crippen LogP contribution in [0.2, 0.25) is 0 Å². The molecule has 1 amide bonds. The molecule has 9 heteroatoms. The van der Waals surface area contributed by atoms with E-state index >= 15 is 0 Å². The number of benzene rings is 2. The van der Waals surface area contributed by atoms with Gasteiger partial charge in [0.05, 0.1) is 12.6 Å². The van der Waals surface area contributed by atoms with Crippen LogP contribution in [0.4, 0.5) is 0 Å². The SMILES string of the molecule is CCCCCCCOc1ccc(-c2cnc(-c3ccc(CC(NC)C(=O)NC(CCC=O)C(=O)O)cc3)nc2)cc1. The van der Waals surface area contributed by atoms with Crippen molar-refractivity contribution in [2.24, 2.45) is 0 Å². The fraction of sp³-hybridized carbons (Fsp3) is 0.406. The maximum atomic E-state index is 12.7. The Bertz CT molecular complexity index is 1230. The molecular weight excluding hydrogens is 520 g/mol. The van der Waals surface area contributed by atoms with E-state index in [1.165, 1.54) is 25.7 Å². The second-order valence-electron chi connectivity index (χ2n) is 9.97. The van der Waals surface area contributed by atoms with Gasteiger partial charge in [0.2, 0.25) is 5.91 Å². The van der Waals surface area contributed by atoms with Crippen LogP contribution in [0.3, 0.4) is 0 Å². The van der Waals surface area contributed by atoms with Crippen LogP contribution >= 0.6 is 0 Å². The number of amides is 1. The maximum absolute atomic E-state index is 12.7. The molecule has 218 valence electrons. The van der Waals surface area contributed by atoms with Crippen molar-refractivity contribution >= 4 is 18.2 Å². The lowest BCUT2D eigenvalue weighted by atomic mass is 10.0. The number of nitrogens with one attached hydrogen (secondary N) is 2. The first kappa shape index (κ1) is 31.4. The van der Waals surface area contributed by atoms with Crippen LogP contribution in [0, 0.1) is 0 Å². The lowest BCUT2D eigenvalue weighted by Gasteiger charge is -2.20. The summed E-state index contributed by atoms with van der Waals surface area (Å²) in [4.78, 5) is 43.7. The minimum absolute atomic E-state index is 0.0491. The van der Waals surface area contributed by atoms with Crippen molar-refractivity contribution in [1.82, 2.24) is 20.6 Å². The zero-order chi connectivity index (χ0) is 29.5. The summed E-state index contributed by atoms with van der Waals surface area (Å²) in [5.74, 6) is -0.152. The number of carbonyl (C=O) groups excluding carboxylic acids is 2. The molecule has 3 rings (SSSR count). The van der Waals surface area contributed by atoms with E-state index in [4.69, 9.17) is 4.74 Å². The number of nitrogens with zero attached hydrogens (tertiary/aromatic N) is 2. The van der Waals surface area contributed by atoms with Crippen molar-refractivity contribution in [2.75, 3.05) is 13.7 Å². The van der Waals surface area contributed by atoms with E-state index < -0.39 is 24.0 Å². The highest BCUT2D eigenvalue weighted by molar-refractivity contribution is 5.87. The summed E-state index contributed by atoms with van der Waals surface area (Å²) in [5, 5.41) is 14.8. The van der Waals surface area contributed by atoms with Gasteiger partial charge in [-0.3, -0.25) is 4.79 Å². The lowest BCUT2D eigenvalue weighted by molar-refractivity contribution is -0.142. The Labute approximate surface area is 241 Å². The number of carboxylic acid groups (broad SMARTS) is 1. The summed E-state index contributed by atoms with van der Waals surface area (Å²) < 4.78 is 5.86. The van der Waals surface area contributed by atoms with Crippen LogP contribution in [0.5, 0.6) is 5.75 Å². The smallest absolute Gasteiger partial charge is 0.326 e. The molecule has 0 aliphatic heterocycles. The van der Waals surface area contributed by atoms with Crippen LogP contribution in [-0.2, 0) is 20.8 Å². The summed E-state index contributed by atoms with van der Waals surface area (Å²) in [7, 11) is 1.64. The van der Waals surface area contributed by atoms with Crippen molar-refractivity contribution in [3.63, 3.8) is 0 Å². The zero-order valence-corrected chi connectivity index (χ0v) is 23.8. The number of hydrogen-bond acceptors (Lipinski definition) is 7. The minimum atomic E-state index is -1.17. The number of unbranched alkanes of at least 4 members (excludes halogenated alkanes) is 4. The lowest BCUT2D eigenvalue weighted by Crippen LogP contribution is -2.50. The number of aldehydes is 1. The molecule has 0 saturated carbocycles. The molecule has 41 heavy (non-hydrogen) atoms. The van der Waals surface area contributed by atoms with E-state index in [2.05, 4.69) is 27.5 Å². The van der Waals surface area contributed by atoms with Crippen LogP contribution in [0.15, 0.2) is 60.9 Å². The Hall–Kier alpha value is -4.11. The van der Waals surface area contributed by atoms with E-state index in [0.717, 1.165) is 41.0 Å². The molecule has 0 fully saturated rings. The third-order valence-electron chi connectivity index (χ3n) is 6.86. The molecule has 0 radical (unpaired) electrons. The Kier molecular flexibility index (Phi) is 12.9. The monoisotopic (exact) mass is 560 g/mol. The third kappa shape index (κ3) is 10.1. The first-order valence-corrected chi connectivity index (χ1v) is 14.2. The molecule has 0 spiro atoms. The van der Waals surface area contributed by atoms with Gasteiger partial charge in [0.15, 0.2) is 5.82 Å². The van der Waals surface area contributed by atoms with Crippen LogP contribution in [0.25, 0.3) is 22.5 Å². The Balaban J connectivity index is 1.55. The van der Waals surface area contributed by atoms with E-state index in [9.17, 15) is 19.5 Å². The van der Waals surface area contributed by atoms with Gasteiger partial charge in [0.25, 0.3) is 0 Å². The Morgan fingerprint density at radius 2 is 1.56 bits per heavy atom. The first-order chi connectivity index (χ1) is 19.9. The fourth-order valence-electron chi connectivity index (χ4n) is 4.38. The van der Waals surface area contributed by atoms with Gasteiger partial charge in [-0.1, -0.05) is 69.0 Å². The van der Waals surface area contributed by atoms with Crippen LogP contribution in [-0.4, -0.2) is 59.0 Å². The van der Waals surface area contributed by atoms with Gasteiger partial charge in [0, 0.05) is 29.9 Å². The Morgan fingerprint density at radius 1 is 0.902 bits per heavy atom.